The second-order valence-electron chi connectivity index (χ2n) is 7.13. The average Bonchev–Trinajstić information content (AvgIpc) is 2.74. The van der Waals surface area contributed by atoms with E-state index in [4.69, 9.17) is 4.74 Å². The third-order valence-corrected chi connectivity index (χ3v) is 5.36. The van der Waals surface area contributed by atoms with E-state index in [1.165, 1.54) is 0 Å². The summed E-state index contributed by atoms with van der Waals surface area (Å²) in [5, 5.41) is 3.30. The molecule has 0 aliphatic carbocycles. The van der Waals surface area contributed by atoms with Gasteiger partial charge >= 0.3 is 6.09 Å². The highest BCUT2D eigenvalue weighted by atomic mass is 16.6. The minimum atomic E-state index is -0.250. The molecule has 1 N–H and O–H groups in total. The van der Waals surface area contributed by atoms with Gasteiger partial charge in [0, 0.05) is 57.7 Å². The van der Waals surface area contributed by atoms with Crippen LogP contribution in [0.1, 0.15) is 37.0 Å². The van der Waals surface area contributed by atoms with Crippen LogP contribution in [0, 0.1) is 0 Å². The summed E-state index contributed by atoms with van der Waals surface area (Å²) >= 11 is 0. The standard InChI is InChI=1S/C19H30N6O3/c1-3-23-9-11-24(12-10-23)17(26)15-13-20-18(21-14-15)22-16-5-7-25(8-6-16)19(27)28-4-2/h13-14,16H,3-12H2,1-2H3,(H,20,21,22). The molecule has 0 bridgehead atoms. The van der Waals surface area contributed by atoms with Crippen molar-refractivity contribution in [3.63, 3.8) is 0 Å². The number of piperidine rings is 1. The molecule has 0 radical (unpaired) electrons. The molecule has 9 heteroatoms. The van der Waals surface area contributed by atoms with Crippen molar-refractivity contribution in [3.05, 3.63) is 18.0 Å². The first-order chi connectivity index (χ1) is 13.6. The first kappa shape index (κ1) is 20.3. The zero-order valence-corrected chi connectivity index (χ0v) is 16.8. The molecule has 9 nitrogen and oxygen atoms in total. The van der Waals surface area contributed by atoms with Crippen LogP contribution in [0.5, 0.6) is 0 Å². The number of rotatable bonds is 5. The maximum absolute atomic E-state index is 12.6. The van der Waals surface area contributed by atoms with E-state index in [2.05, 4.69) is 27.1 Å². The number of hydrogen-bond donors (Lipinski definition) is 1. The minimum Gasteiger partial charge on any atom is -0.450 e. The van der Waals surface area contributed by atoms with Gasteiger partial charge in [-0.05, 0) is 26.3 Å². The van der Waals surface area contributed by atoms with E-state index in [0.29, 0.717) is 31.2 Å². The molecule has 3 heterocycles. The number of nitrogens with zero attached hydrogens (tertiary/aromatic N) is 5. The van der Waals surface area contributed by atoms with Gasteiger partial charge in [0.25, 0.3) is 5.91 Å². The lowest BCUT2D eigenvalue weighted by molar-refractivity contribution is 0.0642. The van der Waals surface area contributed by atoms with Gasteiger partial charge in [-0.1, -0.05) is 6.92 Å². The number of piperazine rings is 1. The van der Waals surface area contributed by atoms with Gasteiger partial charge in [-0.3, -0.25) is 4.79 Å². The number of carbonyl (C=O) groups is 2. The van der Waals surface area contributed by atoms with Gasteiger partial charge in [0.2, 0.25) is 5.95 Å². The fourth-order valence-electron chi connectivity index (χ4n) is 3.57. The third kappa shape index (κ3) is 5.09. The summed E-state index contributed by atoms with van der Waals surface area (Å²) in [5.74, 6) is 0.506. The zero-order chi connectivity index (χ0) is 19.9. The van der Waals surface area contributed by atoms with Crippen LogP contribution in [0.15, 0.2) is 12.4 Å². The number of aromatic nitrogens is 2. The predicted molar refractivity (Wildman–Crippen MR) is 105 cm³/mol. The molecule has 0 saturated carbocycles. The predicted octanol–water partition coefficient (Wildman–Crippen LogP) is 1.29. The molecule has 2 amide bonds. The van der Waals surface area contributed by atoms with Crippen molar-refractivity contribution in [2.45, 2.75) is 32.7 Å². The van der Waals surface area contributed by atoms with Crippen molar-refractivity contribution in [3.8, 4) is 0 Å². The Kier molecular flexibility index (Phi) is 7.02. The van der Waals surface area contributed by atoms with Gasteiger partial charge in [0.15, 0.2) is 0 Å². The lowest BCUT2D eigenvalue weighted by Crippen LogP contribution is -2.48. The van der Waals surface area contributed by atoms with E-state index in [9.17, 15) is 9.59 Å². The van der Waals surface area contributed by atoms with Crippen LogP contribution in [0.3, 0.4) is 0 Å². The van der Waals surface area contributed by atoms with Crippen LogP contribution < -0.4 is 5.32 Å². The normalized spacial score (nSPS) is 18.8. The maximum Gasteiger partial charge on any atom is 0.409 e. The SMILES string of the molecule is CCOC(=O)N1CCC(Nc2ncc(C(=O)N3CCN(CC)CC3)cn2)CC1. The Bertz CT molecular complexity index is 652. The molecule has 1 aromatic heterocycles. The summed E-state index contributed by atoms with van der Waals surface area (Å²) in [7, 11) is 0. The van der Waals surface area contributed by atoms with E-state index < -0.39 is 0 Å². The van der Waals surface area contributed by atoms with Crippen LogP contribution >= 0.6 is 0 Å². The molecule has 2 aliphatic rings. The molecule has 0 aromatic carbocycles. The highest BCUT2D eigenvalue weighted by molar-refractivity contribution is 5.93. The molecule has 2 saturated heterocycles. The van der Waals surface area contributed by atoms with Gasteiger partial charge in [0.05, 0.1) is 12.2 Å². The summed E-state index contributed by atoms with van der Waals surface area (Å²) in [4.78, 5) is 38.9. The molecule has 2 fully saturated rings. The number of carbonyl (C=O) groups excluding carboxylic acids is 2. The van der Waals surface area contributed by atoms with E-state index in [-0.39, 0.29) is 18.0 Å². The van der Waals surface area contributed by atoms with Crippen LogP contribution in [0.2, 0.25) is 0 Å². The Morgan fingerprint density at radius 1 is 1.04 bits per heavy atom. The summed E-state index contributed by atoms with van der Waals surface area (Å²) in [6.45, 7) is 9.96. The molecule has 0 spiro atoms. The Hall–Kier alpha value is -2.42. The molecule has 0 atom stereocenters. The van der Waals surface area contributed by atoms with Crippen LogP contribution in [-0.4, -0.2) is 95.1 Å². The highest BCUT2D eigenvalue weighted by Gasteiger charge is 2.25. The lowest BCUT2D eigenvalue weighted by Gasteiger charge is -2.34. The van der Waals surface area contributed by atoms with E-state index >= 15 is 0 Å². The Balaban J connectivity index is 1.47. The van der Waals surface area contributed by atoms with Gasteiger partial charge in [-0.25, -0.2) is 14.8 Å². The lowest BCUT2D eigenvalue weighted by atomic mass is 10.1. The number of anilines is 1. The number of amides is 2. The van der Waals surface area contributed by atoms with E-state index in [0.717, 1.165) is 45.6 Å². The molecule has 0 unspecified atom stereocenters. The number of nitrogens with one attached hydrogen (secondary N) is 1. The fourth-order valence-corrected chi connectivity index (χ4v) is 3.57. The molecular weight excluding hydrogens is 360 g/mol. The minimum absolute atomic E-state index is 0.00922. The first-order valence-electron chi connectivity index (χ1n) is 10.1. The number of likely N-dealkylation sites (N-methyl/N-ethyl adjacent to an activating group) is 1. The van der Waals surface area contributed by atoms with Crippen LogP contribution in [-0.2, 0) is 4.74 Å². The Morgan fingerprint density at radius 2 is 1.68 bits per heavy atom. The largest absolute Gasteiger partial charge is 0.450 e. The molecule has 3 rings (SSSR count). The van der Waals surface area contributed by atoms with Gasteiger partial charge < -0.3 is 24.8 Å². The Labute approximate surface area is 166 Å². The molecule has 1 aromatic rings. The quantitative estimate of drug-likeness (QED) is 0.810. The molecule has 154 valence electrons. The smallest absolute Gasteiger partial charge is 0.409 e. The van der Waals surface area contributed by atoms with Crippen molar-refractivity contribution >= 4 is 17.9 Å². The zero-order valence-electron chi connectivity index (χ0n) is 16.8. The number of hydrogen-bond acceptors (Lipinski definition) is 7. The molecule has 28 heavy (non-hydrogen) atoms. The van der Waals surface area contributed by atoms with Crippen molar-refractivity contribution in [1.29, 1.82) is 0 Å². The highest BCUT2D eigenvalue weighted by Crippen LogP contribution is 2.15. The first-order valence-corrected chi connectivity index (χ1v) is 10.1. The Morgan fingerprint density at radius 3 is 2.25 bits per heavy atom. The number of likely N-dealkylation sites (tertiary alicyclic amines) is 1. The second kappa shape index (κ2) is 9.68. The van der Waals surface area contributed by atoms with Gasteiger partial charge in [-0.2, -0.15) is 0 Å². The van der Waals surface area contributed by atoms with Crippen molar-refractivity contribution < 1.29 is 14.3 Å². The van der Waals surface area contributed by atoms with E-state index in [1.807, 2.05) is 11.8 Å². The van der Waals surface area contributed by atoms with Crippen molar-refractivity contribution in [2.24, 2.45) is 0 Å². The van der Waals surface area contributed by atoms with Crippen LogP contribution in [0.25, 0.3) is 0 Å². The maximum atomic E-state index is 12.6. The van der Waals surface area contributed by atoms with Crippen molar-refractivity contribution in [2.75, 3.05) is 57.7 Å². The van der Waals surface area contributed by atoms with E-state index in [1.54, 1.807) is 17.3 Å². The third-order valence-electron chi connectivity index (χ3n) is 5.36. The number of ether oxygens (including phenoxy) is 1. The molecule has 2 aliphatic heterocycles. The summed E-state index contributed by atoms with van der Waals surface area (Å²) in [6.07, 6.45) is 4.56. The summed E-state index contributed by atoms with van der Waals surface area (Å²) < 4.78 is 5.04. The topological polar surface area (TPSA) is 90.9 Å². The van der Waals surface area contributed by atoms with Crippen LogP contribution in [0.4, 0.5) is 10.7 Å². The van der Waals surface area contributed by atoms with Gasteiger partial charge in [0.1, 0.15) is 0 Å². The summed E-state index contributed by atoms with van der Waals surface area (Å²) in [5.41, 5.74) is 0.521. The monoisotopic (exact) mass is 390 g/mol. The summed E-state index contributed by atoms with van der Waals surface area (Å²) in [6, 6.07) is 0.203. The van der Waals surface area contributed by atoms with Crippen molar-refractivity contribution in [1.82, 2.24) is 24.7 Å². The molecular formula is C19H30N6O3. The second-order valence-corrected chi connectivity index (χ2v) is 7.13. The fraction of sp³-hybridized carbons (Fsp3) is 0.684. The average molecular weight is 390 g/mol. The van der Waals surface area contributed by atoms with Gasteiger partial charge in [-0.15, -0.1) is 0 Å².